The minimum Gasteiger partial charge on any atom is -0.368 e. The normalized spacial score (nSPS) is 20.9. The summed E-state index contributed by atoms with van der Waals surface area (Å²) in [6.07, 6.45) is 1.69. The minimum atomic E-state index is -0.848. The van der Waals surface area contributed by atoms with Crippen molar-refractivity contribution >= 4 is 33.8 Å². The van der Waals surface area contributed by atoms with E-state index in [0.29, 0.717) is 29.4 Å². The molecule has 2 rings (SSSR count). The number of nitrogens with zero attached hydrogens (tertiary/aromatic N) is 2. The molecule has 0 bridgehead atoms. The molecule has 22 heavy (non-hydrogen) atoms. The predicted octanol–water partition coefficient (Wildman–Crippen LogP) is 3.68. The second-order valence-corrected chi connectivity index (χ2v) is 8.08. The van der Waals surface area contributed by atoms with E-state index in [2.05, 4.69) is 18.7 Å². The molecule has 1 saturated heterocycles. The molecular formula is C15H21ClN2O3S. The van der Waals surface area contributed by atoms with Crippen molar-refractivity contribution in [1.82, 2.24) is 0 Å². The van der Waals surface area contributed by atoms with Gasteiger partial charge in [0.1, 0.15) is 0 Å². The SMILES string of the molecule is CCC1(CC)CN(c2cc(C)c([N+](=O)[O-])cc2Cl)CCS1=O. The van der Waals surface area contributed by atoms with Gasteiger partial charge in [-0.25, -0.2) is 0 Å². The quantitative estimate of drug-likeness (QED) is 0.617. The summed E-state index contributed by atoms with van der Waals surface area (Å²) in [5.74, 6) is 0.605. The Labute approximate surface area is 138 Å². The lowest BCUT2D eigenvalue weighted by Crippen LogP contribution is -2.53. The molecule has 1 fully saturated rings. The van der Waals surface area contributed by atoms with Gasteiger partial charge in [-0.05, 0) is 25.8 Å². The van der Waals surface area contributed by atoms with E-state index >= 15 is 0 Å². The molecule has 1 aliphatic rings. The van der Waals surface area contributed by atoms with Crippen molar-refractivity contribution in [3.63, 3.8) is 0 Å². The van der Waals surface area contributed by atoms with Gasteiger partial charge in [0.25, 0.3) is 5.69 Å². The van der Waals surface area contributed by atoms with Crippen LogP contribution in [0.4, 0.5) is 11.4 Å². The summed E-state index contributed by atoms with van der Waals surface area (Å²) in [6, 6.07) is 3.18. The van der Waals surface area contributed by atoms with E-state index < -0.39 is 15.7 Å². The first-order valence-corrected chi connectivity index (χ1v) is 9.12. The molecule has 1 heterocycles. The molecule has 1 atom stereocenters. The maximum Gasteiger partial charge on any atom is 0.273 e. The topological polar surface area (TPSA) is 63.4 Å². The number of halogens is 1. The molecular weight excluding hydrogens is 324 g/mol. The van der Waals surface area contributed by atoms with E-state index in [1.54, 1.807) is 13.0 Å². The van der Waals surface area contributed by atoms with Crippen LogP contribution >= 0.6 is 11.6 Å². The van der Waals surface area contributed by atoms with E-state index in [4.69, 9.17) is 11.6 Å². The molecule has 0 N–H and O–H groups in total. The smallest absolute Gasteiger partial charge is 0.273 e. The van der Waals surface area contributed by atoms with Gasteiger partial charge in [0, 0.05) is 41.3 Å². The maximum absolute atomic E-state index is 12.4. The summed E-state index contributed by atoms with van der Waals surface area (Å²) >= 11 is 6.27. The number of rotatable bonds is 4. The van der Waals surface area contributed by atoms with Crippen molar-refractivity contribution in [3.8, 4) is 0 Å². The van der Waals surface area contributed by atoms with Gasteiger partial charge in [0.15, 0.2) is 0 Å². The fraction of sp³-hybridized carbons (Fsp3) is 0.600. The van der Waals surface area contributed by atoms with E-state index in [0.717, 1.165) is 18.5 Å². The highest BCUT2D eigenvalue weighted by atomic mass is 35.5. The summed E-state index contributed by atoms with van der Waals surface area (Å²) < 4.78 is 12.2. The summed E-state index contributed by atoms with van der Waals surface area (Å²) in [7, 11) is -0.848. The van der Waals surface area contributed by atoms with Crippen LogP contribution in [0.2, 0.25) is 5.02 Å². The Bertz CT molecular complexity index is 617. The Morgan fingerprint density at radius 1 is 1.41 bits per heavy atom. The average molecular weight is 345 g/mol. The Morgan fingerprint density at radius 3 is 2.59 bits per heavy atom. The second-order valence-electron chi connectivity index (χ2n) is 5.71. The standard InChI is InChI=1S/C15H21ClN2O3S/c1-4-15(5-2)10-17(6-7-22(15)21)14-8-11(3)13(18(19)20)9-12(14)16/h8-9H,4-7,10H2,1-3H3. The van der Waals surface area contributed by atoms with Gasteiger partial charge in [-0.2, -0.15) is 0 Å². The van der Waals surface area contributed by atoms with E-state index in [9.17, 15) is 14.3 Å². The van der Waals surface area contributed by atoms with Crippen LogP contribution in [-0.4, -0.2) is 32.7 Å². The highest BCUT2D eigenvalue weighted by molar-refractivity contribution is 7.86. The lowest BCUT2D eigenvalue weighted by atomic mass is 10.0. The van der Waals surface area contributed by atoms with Crippen LogP contribution in [0.15, 0.2) is 12.1 Å². The van der Waals surface area contributed by atoms with E-state index in [1.807, 2.05) is 0 Å². The third-order valence-electron chi connectivity index (χ3n) is 4.60. The zero-order valence-electron chi connectivity index (χ0n) is 13.1. The zero-order valence-corrected chi connectivity index (χ0v) is 14.7. The number of nitro groups is 1. The molecule has 0 aliphatic carbocycles. The average Bonchev–Trinajstić information content (AvgIpc) is 2.50. The fourth-order valence-electron chi connectivity index (χ4n) is 3.00. The second kappa shape index (κ2) is 6.54. The molecule has 0 amide bonds. The number of anilines is 1. The molecule has 0 saturated carbocycles. The Kier molecular flexibility index (Phi) is 5.12. The van der Waals surface area contributed by atoms with Crippen LogP contribution in [0, 0.1) is 17.0 Å². The monoisotopic (exact) mass is 344 g/mol. The first-order chi connectivity index (χ1) is 10.3. The van der Waals surface area contributed by atoms with E-state index in [1.165, 1.54) is 6.07 Å². The highest BCUT2D eigenvalue weighted by Crippen LogP contribution is 2.37. The number of aryl methyl sites for hydroxylation is 1. The zero-order chi connectivity index (χ0) is 16.5. The van der Waals surface area contributed by atoms with Crippen molar-refractivity contribution in [2.24, 2.45) is 0 Å². The lowest BCUT2D eigenvalue weighted by molar-refractivity contribution is -0.385. The van der Waals surface area contributed by atoms with Gasteiger partial charge >= 0.3 is 0 Å². The largest absolute Gasteiger partial charge is 0.368 e. The van der Waals surface area contributed by atoms with Crippen LogP contribution in [-0.2, 0) is 10.8 Å². The molecule has 1 aliphatic heterocycles. The Morgan fingerprint density at radius 2 is 2.05 bits per heavy atom. The Balaban J connectivity index is 2.38. The number of benzene rings is 1. The van der Waals surface area contributed by atoms with Crippen LogP contribution in [0.5, 0.6) is 0 Å². The molecule has 122 valence electrons. The fourth-order valence-corrected chi connectivity index (χ4v) is 5.04. The van der Waals surface area contributed by atoms with Crippen LogP contribution in [0.1, 0.15) is 32.3 Å². The van der Waals surface area contributed by atoms with Gasteiger partial charge in [0.2, 0.25) is 0 Å². The number of nitro benzene ring substituents is 1. The molecule has 1 aromatic rings. The van der Waals surface area contributed by atoms with Gasteiger partial charge < -0.3 is 4.90 Å². The molecule has 7 heteroatoms. The first-order valence-electron chi connectivity index (χ1n) is 7.42. The molecule has 0 radical (unpaired) electrons. The minimum absolute atomic E-state index is 0.0339. The van der Waals surface area contributed by atoms with Crippen LogP contribution < -0.4 is 4.90 Å². The highest BCUT2D eigenvalue weighted by Gasteiger charge is 2.39. The van der Waals surface area contributed by atoms with Gasteiger partial charge in [0.05, 0.1) is 20.4 Å². The first kappa shape index (κ1) is 17.2. The van der Waals surface area contributed by atoms with Crippen molar-refractivity contribution in [2.45, 2.75) is 38.4 Å². The van der Waals surface area contributed by atoms with Gasteiger partial charge in [-0.15, -0.1) is 0 Å². The summed E-state index contributed by atoms with van der Waals surface area (Å²) in [4.78, 5) is 12.7. The molecule has 1 aromatic carbocycles. The number of hydrogen-bond donors (Lipinski definition) is 0. The Hall–Kier alpha value is -1.14. The predicted molar refractivity (Wildman–Crippen MR) is 91.4 cm³/mol. The molecule has 0 spiro atoms. The van der Waals surface area contributed by atoms with Crippen molar-refractivity contribution in [1.29, 1.82) is 0 Å². The molecule has 0 aromatic heterocycles. The van der Waals surface area contributed by atoms with Gasteiger partial charge in [-0.3, -0.25) is 14.3 Å². The van der Waals surface area contributed by atoms with Crippen molar-refractivity contribution < 1.29 is 9.13 Å². The third-order valence-corrected chi connectivity index (χ3v) is 7.13. The molecule has 5 nitrogen and oxygen atoms in total. The molecule has 1 unspecified atom stereocenters. The lowest BCUT2D eigenvalue weighted by Gasteiger charge is -2.42. The summed E-state index contributed by atoms with van der Waals surface area (Å²) in [6.45, 7) is 7.17. The summed E-state index contributed by atoms with van der Waals surface area (Å²) in [5.41, 5.74) is 1.43. The van der Waals surface area contributed by atoms with Crippen LogP contribution in [0.3, 0.4) is 0 Å². The van der Waals surface area contributed by atoms with Crippen LogP contribution in [0.25, 0.3) is 0 Å². The van der Waals surface area contributed by atoms with Crippen molar-refractivity contribution in [3.05, 3.63) is 32.8 Å². The van der Waals surface area contributed by atoms with E-state index in [-0.39, 0.29) is 10.4 Å². The summed E-state index contributed by atoms with van der Waals surface area (Å²) in [5, 5.41) is 11.4. The maximum atomic E-state index is 12.4. The number of hydrogen-bond acceptors (Lipinski definition) is 4. The third kappa shape index (κ3) is 2.99. The van der Waals surface area contributed by atoms with Crippen molar-refractivity contribution in [2.75, 3.05) is 23.7 Å². The van der Waals surface area contributed by atoms with Gasteiger partial charge in [-0.1, -0.05) is 25.4 Å².